The first-order chi connectivity index (χ1) is 8.52. The van der Waals surface area contributed by atoms with Crippen LogP contribution in [0.3, 0.4) is 0 Å². The first kappa shape index (κ1) is 15.8. The molecule has 2 N–H and O–H groups in total. The van der Waals surface area contributed by atoms with Crippen LogP contribution < -0.4 is 10.6 Å². The minimum absolute atomic E-state index is 0.0257. The molecular weight excluding hydrogens is 244 g/mol. The van der Waals surface area contributed by atoms with E-state index in [1.807, 2.05) is 41.5 Å². The molecule has 0 spiro atoms. The van der Waals surface area contributed by atoms with Crippen LogP contribution >= 0.6 is 0 Å². The quantitative estimate of drug-likeness (QED) is 0.826. The maximum atomic E-state index is 12.0. The van der Waals surface area contributed by atoms with Crippen molar-refractivity contribution in [2.45, 2.75) is 72.1 Å². The van der Waals surface area contributed by atoms with Crippen molar-refractivity contribution < 1.29 is 14.3 Å². The van der Waals surface area contributed by atoms with Gasteiger partial charge in [0.2, 0.25) is 5.91 Å². The number of ether oxygens (including phenoxy) is 1. The summed E-state index contributed by atoms with van der Waals surface area (Å²) in [5, 5.41) is 5.71. The summed E-state index contributed by atoms with van der Waals surface area (Å²) in [7, 11) is 0. The minimum atomic E-state index is -0.494. The zero-order valence-corrected chi connectivity index (χ0v) is 12.8. The lowest BCUT2D eigenvalue weighted by atomic mass is 9.66. The first-order valence-corrected chi connectivity index (χ1v) is 6.82. The molecule has 5 nitrogen and oxygen atoms in total. The molecule has 0 aliphatic heterocycles. The average molecular weight is 270 g/mol. The van der Waals surface area contributed by atoms with E-state index in [2.05, 4.69) is 10.6 Å². The van der Waals surface area contributed by atoms with Crippen LogP contribution in [0.15, 0.2) is 0 Å². The van der Waals surface area contributed by atoms with Gasteiger partial charge in [0, 0.05) is 12.1 Å². The van der Waals surface area contributed by atoms with Crippen molar-refractivity contribution >= 4 is 12.0 Å². The Labute approximate surface area is 115 Å². The number of amides is 2. The number of carbonyl (C=O) groups excluding carboxylic acids is 2. The van der Waals surface area contributed by atoms with E-state index in [1.165, 1.54) is 0 Å². The molecule has 0 atom stereocenters. The van der Waals surface area contributed by atoms with Gasteiger partial charge in [-0.05, 0) is 47.5 Å². The maximum absolute atomic E-state index is 12.0. The van der Waals surface area contributed by atoms with Gasteiger partial charge in [-0.3, -0.25) is 4.79 Å². The van der Waals surface area contributed by atoms with Crippen LogP contribution in [0.4, 0.5) is 4.79 Å². The predicted octanol–water partition coefficient (Wildman–Crippen LogP) is 2.20. The fourth-order valence-electron chi connectivity index (χ4n) is 2.23. The lowest BCUT2D eigenvalue weighted by Gasteiger charge is -2.44. The maximum Gasteiger partial charge on any atom is 0.407 e. The minimum Gasteiger partial charge on any atom is -0.444 e. The van der Waals surface area contributed by atoms with E-state index < -0.39 is 11.7 Å². The zero-order chi connectivity index (χ0) is 14.8. The second-order valence-electron chi connectivity index (χ2n) is 6.94. The van der Waals surface area contributed by atoms with E-state index in [9.17, 15) is 9.59 Å². The Morgan fingerprint density at radius 2 is 1.79 bits per heavy atom. The third kappa shape index (κ3) is 4.73. The molecule has 0 saturated heterocycles. The summed E-state index contributed by atoms with van der Waals surface area (Å²) in [5.74, 6) is 0.0599. The molecule has 0 unspecified atom stereocenters. The third-order valence-electron chi connectivity index (χ3n) is 3.08. The number of alkyl carbamates (subject to hydrolysis) is 1. The van der Waals surface area contributed by atoms with Crippen LogP contribution in [-0.2, 0) is 9.53 Å². The second-order valence-corrected chi connectivity index (χ2v) is 6.94. The van der Waals surface area contributed by atoms with Crippen molar-refractivity contribution in [3.05, 3.63) is 0 Å². The Kier molecular flexibility index (Phi) is 4.48. The fourth-order valence-corrected chi connectivity index (χ4v) is 2.23. The van der Waals surface area contributed by atoms with Crippen LogP contribution in [0.2, 0.25) is 0 Å². The van der Waals surface area contributed by atoms with Crippen LogP contribution in [0.25, 0.3) is 0 Å². The molecule has 1 aliphatic rings. The average Bonchev–Trinajstić information content (AvgIpc) is 2.10. The summed E-state index contributed by atoms with van der Waals surface area (Å²) in [6.45, 7) is 11.3. The summed E-state index contributed by atoms with van der Waals surface area (Å²) in [4.78, 5) is 23.5. The molecule has 0 bridgehead atoms. The molecule has 0 radical (unpaired) electrons. The molecule has 0 heterocycles. The Bertz CT molecular complexity index is 352. The molecular formula is C14H26N2O3. The highest BCUT2D eigenvalue weighted by Gasteiger charge is 2.47. The van der Waals surface area contributed by atoms with Crippen molar-refractivity contribution in [1.29, 1.82) is 0 Å². The Morgan fingerprint density at radius 3 is 2.21 bits per heavy atom. The number of nitrogens with one attached hydrogen (secondary N) is 2. The highest BCUT2D eigenvalue weighted by Crippen LogP contribution is 2.41. The van der Waals surface area contributed by atoms with Crippen LogP contribution in [0.5, 0.6) is 0 Å². The Balaban J connectivity index is 2.37. The van der Waals surface area contributed by atoms with Crippen molar-refractivity contribution in [3.63, 3.8) is 0 Å². The Morgan fingerprint density at radius 1 is 1.26 bits per heavy atom. The van der Waals surface area contributed by atoms with Crippen LogP contribution in [0.1, 0.15) is 54.4 Å². The fraction of sp³-hybridized carbons (Fsp3) is 0.857. The molecule has 0 aromatic rings. The number of hydrogen-bond donors (Lipinski definition) is 2. The summed E-state index contributed by atoms with van der Waals surface area (Å²) < 4.78 is 5.19. The largest absolute Gasteiger partial charge is 0.444 e. The molecule has 1 aliphatic carbocycles. The first-order valence-electron chi connectivity index (χ1n) is 6.82. The van der Waals surface area contributed by atoms with Gasteiger partial charge in [0.1, 0.15) is 5.60 Å². The van der Waals surface area contributed by atoms with E-state index in [0.29, 0.717) is 12.8 Å². The predicted molar refractivity (Wildman–Crippen MR) is 73.8 cm³/mol. The summed E-state index contributed by atoms with van der Waals surface area (Å²) >= 11 is 0. The van der Waals surface area contributed by atoms with Crippen molar-refractivity contribution in [2.75, 3.05) is 0 Å². The summed E-state index contributed by atoms with van der Waals surface area (Å²) in [6, 6.07) is 0.167. The lowest BCUT2D eigenvalue weighted by Crippen LogP contribution is -2.57. The summed E-state index contributed by atoms with van der Waals surface area (Å²) in [5.41, 5.74) is -0.865. The van der Waals surface area contributed by atoms with Crippen LogP contribution in [-0.4, -0.2) is 29.7 Å². The van der Waals surface area contributed by atoms with E-state index in [-0.39, 0.29) is 23.4 Å². The molecule has 1 rings (SSSR count). The van der Waals surface area contributed by atoms with Crippen molar-refractivity contribution in [1.82, 2.24) is 10.6 Å². The van der Waals surface area contributed by atoms with Gasteiger partial charge >= 0.3 is 6.09 Å². The second kappa shape index (κ2) is 5.39. The third-order valence-corrected chi connectivity index (χ3v) is 3.08. The molecule has 2 amide bonds. The van der Waals surface area contributed by atoms with E-state index in [1.54, 1.807) is 0 Å². The summed E-state index contributed by atoms with van der Waals surface area (Å²) in [6.07, 6.45) is 0.902. The van der Waals surface area contributed by atoms with Crippen molar-refractivity contribution in [3.8, 4) is 0 Å². The van der Waals surface area contributed by atoms with Gasteiger partial charge in [-0.25, -0.2) is 4.79 Å². The van der Waals surface area contributed by atoms with Crippen LogP contribution in [0, 0.1) is 5.41 Å². The molecule has 1 saturated carbocycles. The molecule has 0 aromatic carbocycles. The Hall–Kier alpha value is -1.26. The normalized spacial score (nSPS) is 26.6. The highest BCUT2D eigenvalue weighted by molar-refractivity contribution is 5.84. The van der Waals surface area contributed by atoms with E-state index >= 15 is 0 Å². The number of hydrogen-bond acceptors (Lipinski definition) is 3. The SMILES string of the molecule is CC(C)NC(=O)C1(C)CC(NC(=O)OC(C)(C)C)C1. The van der Waals surface area contributed by atoms with Crippen molar-refractivity contribution in [2.24, 2.45) is 5.41 Å². The van der Waals surface area contributed by atoms with Gasteiger partial charge in [0.25, 0.3) is 0 Å². The van der Waals surface area contributed by atoms with E-state index in [4.69, 9.17) is 4.74 Å². The number of carbonyl (C=O) groups is 2. The standard InChI is InChI=1S/C14H26N2O3/c1-9(2)15-11(17)14(6)7-10(8-14)16-12(18)19-13(3,4)5/h9-10H,7-8H2,1-6H3,(H,15,17)(H,16,18). The van der Waals surface area contributed by atoms with Gasteiger partial charge in [-0.2, -0.15) is 0 Å². The molecule has 110 valence electrons. The van der Waals surface area contributed by atoms with Gasteiger partial charge in [0.05, 0.1) is 5.41 Å². The number of rotatable bonds is 3. The highest BCUT2D eigenvalue weighted by atomic mass is 16.6. The van der Waals surface area contributed by atoms with Gasteiger partial charge in [-0.1, -0.05) is 6.92 Å². The molecule has 1 fully saturated rings. The topological polar surface area (TPSA) is 67.4 Å². The molecule has 5 heteroatoms. The van der Waals surface area contributed by atoms with Gasteiger partial charge in [0.15, 0.2) is 0 Å². The smallest absolute Gasteiger partial charge is 0.407 e. The van der Waals surface area contributed by atoms with Gasteiger partial charge in [-0.15, -0.1) is 0 Å². The molecule has 19 heavy (non-hydrogen) atoms. The zero-order valence-electron chi connectivity index (χ0n) is 12.8. The van der Waals surface area contributed by atoms with Gasteiger partial charge < -0.3 is 15.4 Å². The lowest BCUT2D eigenvalue weighted by molar-refractivity contribution is -0.136. The molecule has 0 aromatic heterocycles. The monoisotopic (exact) mass is 270 g/mol. The van der Waals surface area contributed by atoms with E-state index in [0.717, 1.165) is 0 Å².